The van der Waals surface area contributed by atoms with Crippen LogP contribution in [0.1, 0.15) is 11.1 Å². The molecule has 2 aromatic carbocycles. The Morgan fingerprint density at radius 3 is 2.53 bits per heavy atom. The van der Waals surface area contributed by atoms with Gasteiger partial charge in [-0.15, -0.1) is 0 Å². The van der Waals surface area contributed by atoms with Crippen molar-refractivity contribution in [2.45, 2.75) is 23.9 Å². The van der Waals surface area contributed by atoms with Crippen molar-refractivity contribution in [2.24, 2.45) is 0 Å². The zero-order valence-electron chi connectivity index (χ0n) is 16.7. The lowest BCUT2D eigenvalue weighted by atomic mass is 10.1. The number of aromatic nitrogens is 1. The van der Waals surface area contributed by atoms with Gasteiger partial charge in [-0.25, -0.2) is 13.4 Å². The number of nitrogens with zero attached hydrogens (tertiary/aromatic N) is 2. The van der Waals surface area contributed by atoms with Gasteiger partial charge in [-0.1, -0.05) is 29.8 Å². The number of rotatable bonds is 3. The number of alkyl halides is 3. The molecule has 1 N–H and O–H groups in total. The highest BCUT2D eigenvalue weighted by Gasteiger charge is 2.46. The summed E-state index contributed by atoms with van der Waals surface area (Å²) in [6, 6.07) is 12.5. The summed E-state index contributed by atoms with van der Waals surface area (Å²) in [5.74, 6) is -0.0607. The molecule has 1 aliphatic heterocycles. The SMILES string of the molecule is Cc1ccc2nc(N3CCS(=O)(=O)c4ccccc4C3)cc(NS(=O)(=O)C(F)(F)F)c2c1. The molecule has 1 aromatic heterocycles. The van der Waals surface area contributed by atoms with E-state index in [-0.39, 0.29) is 46.1 Å². The number of anilines is 2. The highest BCUT2D eigenvalue weighted by molar-refractivity contribution is 7.93. The Labute approximate surface area is 182 Å². The zero-order valence-corrected chi connectivity index (χ0v) is 18.4. The fourth-order valence-corrected chi connectivity index (χ4v) is 5.61. The Morgan fingerprint density at radius 2 is 1.81 bits per heavy atom. The molecule has 12 heteroatoms. The predicted molar refractivity (Wildman–Crippen MR) is 115 cm³/mol. The van der Waals surface area contributed by atoms with Gasteiger partial charge in [0.05, 0.1) is 21.9 Å². The van der Waals surface area contributed by atoms with Crippen molar-refractivity contribution in [1.82, 2.24) is 4.98 Å². The normalized spacial score (nSPS) is 16.4. The molecule has 0 bridgehead atoms. The van der Waals surface area contributed by atoms with E-state index in [1.165, 1.54) is 18.2 Å². The third-order valence-corrected chi connectivity index (χ3v) is 8.01. The van der Waals surface area contributed by atoms with E-state index < -0.39 is 25.4 Å². The van der Waals surface area contributed by atoms with Gasteiger partial charge in [0, 0.05) is 24.5 Å². The first kappa shape index (κ1) is 22.3. The fourth-order valence-electron chi connectivity index (χ4n) is 3.53. The van der Waals surface area contributed by atoms with Gasteiger partial charge in [-0.2, -0.15) is 21.6 Å². The number of fused-ring (bicyclic) bond motifs is 2. The first-order valence-corrected chi connectivity index (χ1v) is 12.6. The topological polar surface area (TPSA) is 96.4 Å². The molecule has 0 fully saturated rings. The summed E-state index contributed by atoms with van der Waals surface area (Å²) >= 11 is 0. The second kappa shape index (κ2) is 7.62. The molecule has 0 saturated carbocycles. The molecule has 7 nitrogen and oxygen atoms in total. The Bertz CT molecular complexity index is 1420. The molecule has 0 spiro atoms. The summed E-state index contributed by atoms with van der Waals surface area (Å²) in [7, 11) is -9.22. The molecule has 0 amide bonds. The van der Waals surface area contributed by atoms with Gasteiger partial charge in [0.25, 0.3) is 0 Å². The third-order valence-electron chi connectivity index (χ3n) is 5.12. The van der Waals surface area contributed by atoms with E-state index in [0.717, 1.165) is 0 Å². The summed E-state index contributed by atoms with van der Waals surface area (Å²) < 4.78 is 89.5. The molecule has 1 aliphatic rings. The maximum absolute atomic E-state index is 13.0. The summed E-state index contributed by atoms with van der Waals surface area (Å²) in [5.41, 5.74) is -4.29. The van der Waals surface area contributed by atoms with Gasteiger partial charge < -0.3 is 4.90 Å². The van der Waals surface area contributed by atoms with Crippen LogP contribution in [0.15, 0.2) is 53.4 Å². The van der Waals surface area contributed by atoms with Crippen LogP contribution in [0.25, 0.3) is 10.9 Å². The van der Waals surface area contributed by atoms with E-state index in [2.05, 4.69) is 4.98 Å². The van der Waals surface area contributed by atoms with Crippen LogP contribution in [0.5, 0.6) is 0 Å². The van der Waals surface area contributed by atoms with Gasteiger partial charge in [-0.05, 0) is 30.7 Å². The van der Waals surface area contributed by atoms with Crippen molar-refractivity contribution in [2.75, 3.05) is 21.9 Å². The molecular formula is C20H18F3N3O4S2. The Morgan fingerprint density at radius 1 is 1.09 bits per heavy atom. The minimum Gasteiger partial charge on any atom is -0.351 e. The van der Waals surface area contributed by atoms with Crippen molar-refractivity contribution >= 4 is 42.3 Å². The first-order valence-electron chi connectivity index (χ1n) is 9.43. The number of nitrogens with one attached hydrogen (secondary N) is 1. The van der Waals surface area contributed by atoms with Gasteiger partial charge in [0.15, 0.2) is 9.84 Å². The van der Waals surface area contributed by atoms with Crippen molar-refractivity contribution in [3.05, 3.63) is 59.7 Å². The van der Waals surface area contributed by atoms with E-state index in [9.17, 15) is 30.0 Å². The predicted octanol–water partition coefficient (Wildman–Crippen LogP) is 3.60. The average Bonchev–Trinajstić information content (AvgIpc) is 2.83. The van der Waals surface area contributed by atoms with Crippen LogP contribution in [-0.4, -0.2) is 39.6 Å². The summed E-state index contributed by atoms with van der Waals surface area (Å²) in [6.45, 7) is 1.89. The maximum atomic E-state index is 13.0. The first-order chi connectivity index (χ1) is 14.9. The number of pyridine rings is 1. The van der Waals surface area contributed by atoms with Gasteiger partial charge in [0.1, 0.15) is 5.82 Å². The lowest BCUT2D eigenvalue weighted by Gasteiger charge is -2.23. The quantitative estimate of drug-likeness (QED) is 0.609. The molecular weight excluding hydrogens is 467 g/mol. The Kier molecular flexibility index (Phi) is 5.32. The van der Waals surface area contributed by atoms with E-state index in [0.29, 0.717) is 11.1 Å². The number of halogens is 3. The monoisotopic (exact) mass is 485 g/mol. The summed E-state index contributed by atoms with van der Waals surface area (Å²) in [4.78, 5) is 6.27. The summed E-state index contributed by atoms with van der Waals surface area (Å²) in [6.07, 6.45) is 0. The number of hydrogen-bond donors (Lipinski definition) is 1. The molecule has 0 saturated heterocycles. The minimum atomic E-state index is -5.67. The Balaban J connectivity index is 1.85. The molecule has 170 valence electrons. The molecule has 4 rings (SSSR count). The van der Waals surface area contributed by atoms with Gasteiger partial charge in [0.2, 0.25) is 0 Å². The summed E-state index contributed by atoms with van der Waals surface area (Å²) in [5, 5.41) is 0.199. The lowest BCUT2D eigenvalue weighted by Crippen LogP contribution is -2.30. The molecule has 0 radical (unpaired) electrons. The van der Waals surface area contributed by atoms with Crippen molar-refractivity contribution in [1.29, 1.82) is 0 Å². The zero-order chi connectivity index (χ0) is 23.3. The van der Waals surface area contributed by atoms with Crippen LogP contribution < -0.4 is 9.62 Å². The number of hydrogen-bond acceptors (Lipinski definition) is 6. The maximum Gasteiger partial charge on any atom is 0.516 e. The van der Waals surface area contributed by atoms with Gasteiger partial charge in [-0.3, -0.25) is 4.72 Å². The van der Waals surface area contributed by atoms with Crippen LogP contribution in [0.3, 0.4) is 0 Å². The fraction of sp³-hybridized carbons (Fsp3) is 0.250. The van der Waals surface area contributed by atoms with Crippen molar-refractivity contribution in [3.63, 3.8) is 0 Å². The van der Waals surface area contributed by atoms with E-state index >= 15 is 0 Å². The second-order valence-electron chi connectivity index (χ2n) is 7.45. The molecule has 0 atom stereocenters. The van der Waals surface area contributed by atoms with Crippen LogP contribution >= 0.6 is 0 Å². The minimum absolute atomic E-state index is 0.0346. The van der Waals surface area contributed by atoms with Crippen LogP contribution in [-0.2, 0) is 26.4 Å². The lowest BCUT2D eigenvalue weighted by molar-refractivity contribution is -0.0429. The average molecular weight is 486 g/mol. The molecule has 0 unspecified atom stereocenters. The smallest absolute Gasteiger partial charge is 0.351 e. The van der Waals surface area contributed by atoms with E-state index in [4.69, 9.17) is 0 Å². The second-order valence-corrected chi connectivity index (χ2v) is 11.2. The van der Waals surface area contributed by atoms with Crippen molar-refractivity contribution in [3.8, 4) is 0 Å². The standard InChI is InChI=1S/C20H18F3N3O4S2/c1-13-6-7-16-15(10-13)17(25-32(29,30)20(21,22)23)11-19(24-16)26-8-9-31(27,28)18-5-3-2-4-14(18)12-26/h2-7,10-11H,8-9,12H2,1H3,(H,24,25). The third kappa shape index (κ3) is 4.11. The Hall–Kier alpha value is -2.86. The van der Waals surface area contributed by atoms with Crippen LogP contribution in [0.4, 0.5) is 24.7 Å². The largest absolute Gasteiger partial charge is 0.516 e. The van der Waals surface area contributed by atoms with Gasteiger partial charge >= 0.3 is 15.5 Å². The van der Waals surface area contributed by atoms with Crippen molar-refractivity contribution < 1.29 is 30.0 Å². The molecule has 32 heavy (non-hydrogen) atoms. The molecule has 2 heterocycles. The van der Waals surface area contributed by atoms with Crippen LogP contribution in [0.2, 0.25) is 0 Å². The molecule has 3 aromatic rings. The number of aryl methyl sites for hydroxylation is 1. The number of sulfonamides is 1. The van der Waals surface area contributed by atoms with E-state index in [1.807, 2.05) is 0 Å². The molecule has 0 aliphatic carbocycles. The highest BCUT2D eigenvalue weighted by Crippen LogP contribution is 2.34. The van der Waals surface area contributed by atoms with Crippen LogP contribution in [0, 0.1) is 6.92 Å². The van der Waals surface area contributed by atoms with E-state index in [1.54, 1.807) is 46.9 Å². The number of sulfone groups is 1. The number of benzene rings is 2. The highest BCUT2D eigenvalue weighted by atomic mass is 32.2.